The van der Waals surface area contributed by atoms with Crippen LogP contribution >= 0.6 is 62.3 Å². The van der Waals surface area contributed by atoms with Crippen molar-refractivity contribution in [1.29, 1.82) is 0 Å². The highest BCUT2D eigenvalue weighted by atomic mass is 79.9. The van der Waals surface area contributed by atoms with Gasteiger partial charge < -0.3 is 0 Å². The SMILES string of the molecule is BrCc1ccc2nccnc2c1.Cc1ccc2nccnc2c1.ClC(Cl)(Cl)Cl. The van der Waals surface area contributed by atoms with Gasteiger partial charge in [0.2, 0.25) is 0 Å². The molecule has 2 heterocycles. The Morgan fingerprint density at radius 2 is 1.14 bits per heavy atom. The van der Waals surface area contributed by atoms with E-state index in [1.165, 1.54) is 11.1 Å². The summed E-state index contributed by atoms with van der Waals surface area (Å²) in [6, 6.07) is 12.1. The van der Waals surface area contributed by atoms with E-state index in [2.05, 4.69) is 35.9 Å². The van der Waals surface area contributed by atoms with Crippen molar-refractivity contribution < 1.29 is 0 Å². The summed E-state index contributed by atoms with van der Waals surface area (Å²) in [5.74, 6) is 0. The second kappa shape index (κ2) is 11.1. The Labute approximate surface area is 191 Å². The Bertz CT molecular complexity index is 1030. The van der Waals surface area contributed by atoms with E-state index < -0.39 is 3.25 Å². The van der Waals surface area contributed by atoms with Crippen molar-refractivity contribution in [2.24, 2.45) is 0 Å². The molecule has 4 rings (SSSR count). The summed E-state index contributed by atoms with van der Waals surface area (Å²) < 4.78 is -1.61. The predicted octanol–water partition coefficient (Wildman–Crippen LogP) is 7.02. The molecule has 0 aliphatic heterocycles. The van der Waals surface area contributed by atoms with Crippen LogP contribution in [0.4, 0.5) is 0 Å². The van der Waals surface area contributed by atoms with Gasteiger partial charge in [-0.25, -0.2) is 0 Å². The third-order valence-corrected chi connectivity index (χ3v) is 3.96. The van der Waals surface area contributed by atoms with Crippen molar-refractivity contribution >= 4 is 84.4 Å². The van der Waals surface area contributed by atoms with E-state index in [1.54, 1.807) is 24.8 Å². The molecule has 0 spiro atoms. The molecule has 0 N–H and O–H groups in total. The summed E-state index contributed by atoms with van der Waals surface area (Å²) >= 11 is 22.7. The third-order valence-electron chi connectivity index (χ3n) is 3.31. The maximum atomic E-state index is 4.83. The lowest BCUT2D eigenvalue weighted by molar-refractivity contribution is 1.28. The fourth-order valence-electron chi connectivity index (χ4n) is 2.17. The van der Waals surface area contributed by atoms with Gasteiger partial charge in [0.25, 0.3) is 3.25 Å². The lowest BCUT2D eigenvalue weighted by Gasteiger charge is -1.97. The minimum Gasteiger partial charge on any atom is -0.253 e. The molecular weight excluding hydrogens is 506 g/mol. The first-order chi connectivity index (χ1) is 13.3. The van der Waals surface area contributed by atoms with Crippen LogP contribution in [0, 0.1) is 6.92 Å². The molecule has 2 aromatic heterocycles. The number of rotatable bonds is 1. The topological polar surface area (TPSA) is 51.6 Å². The predicted molar refractivity (Wildman–Crippen MR) is 123 cm³/mol. The van der Waals surface area contributed by atoms with Crippen molar-refractivity contribution in [3.63, 3.8) is 0 Å². The summed E-state index contributed by atoms with van der Waals surface area (Å²) in [4.78, 5) is 16.7. The van der Waals surface area contributed by atoms with Crippen LogP contribution in [0.15, 0.2) is 61.2 Å². The molecule has 9 heteroatoms. The lowest BCUT2D eigenvalue weighted by Crippen LogP contribution is -1.83. The molecule has 4 nitrogen and oxygen atoms in total. The van der Waals surface area contributed by atoms with Gasteiger partial charge in [0.1, 0.15) is 0 Å². The molecule has 0 radical (unpaired) electrons. The number of benzene rings is 2. The average molecular weight is 521 g/mol. The van der Waals surface area contributed by atoms with Gasteiger partial charge in [-0.15, -0.1) is 0 Å². The van der Waals surface area contributed by atoms with Gasteiger partial charge >= 0.3 is 0 Å². The largest absolute Gasteiger partial charge is 0.266 e. The van der Waals surface area contributed by atoms with Crippen molar-refractivity contribution in [2.75, 3.05) is 0 Å². The summed E-state index contributed by atoms with van der Waals surface area (Å²) in [5.41, 5.74) is 6.27. The first-order valence-electron chi connectivity index (χ1n) is 7.95. The highest BCUT2D eigenvalue weighted by Crippen LogP contribution is 2.29. The Balaban J connectivity index is 0.000000164. The molecule has 0 fully saturated rings. The zero-order valence-corrected chi connectivity index (χ0v) is 19.3. The molecule has 0 amide bonds. The monoisotopic (exact) mass is 518 g/mol. The first kappa shape index (κ1) is 23.0. The number of aromatic nitrogens is 4. The zero-order valence-electron chi connectivity index (χ0n) is 14.7. The van der Waals surface area contributed by atoms with Gasteiger partial charge in [0.15, 0.2) is 0 Å². The normalized spacial score (nSPS) is 10.6. The molecule has 0 saturated carbocycles. The number of hydrogen-bond acceptors (Lipinski definition) is 4. The highest BCUT2D eigenvalue weighted by molar-refractivity contribution is 9.08. The van der Waals surface area contributed by atoms with E-state index in [0.717, 1.165) is 27.4 Å². The van der Waals surface area contributed by atoms with Crippen LogP contribution in [0.1, 0.15) is 11.1 Å². The van der Waals surface area contributed by atoms with Crippen LogP contribution in [-0.4, -0.2) is 23.2 Å². The lowest BCUT2D eigenvalue weighted by atomic mass is 10.2. The van der Waals surface area contributed by atoms with Crippen LogP contribution in [0.5, 0.6) is 0 Å². The molecule has 0 aliphatic rings. The minimum atomic E-state index is -1.61. The number of halogens is 5. The molecule has 0 atom stereocenters. The molecule has 0 bridgehead atoms. The van der Waals surface area contributed by atoms with Crippen molar-refractivity contribution in [3.05, 3.63) is 72.3 Å². The van der Waals surface area contributed by atoms with Crippen LogP contribution in [-0.2, 0) is 5.33 Å². The van der Waals surface area contributed by atoms with Crippen molar-refractivity contribution in [2.45, 2.75) is 15.5 Å². The van der Waals surface area contributed by atoms with Gasteiger partial charge in [0.05, 0.1) is 22.1 Å². The Kier molecular flexibility index (Phi) is 9.12. The number of aryl methyl sites for hydroxylation is 1. The van der Waals surface area contributed by atoms with E-state index in [0.29, 0.717) is 0 Å². The second-order valence-electron chi connectivity index (χ2n) is 5.49. The zero-order chi connectivity index (χ0) is 20.6. The Hall–Kier alpha value is -1.24. The molecule has 0 aliphatic carbocycles. The Morgan fingerprint density at radius 1 is 0.714 bits per heavy atom. The van der Waals surface area contributed by atoms with Gasteiger partial charge in [-0.05, 0) is 42.3 Å². The fraction of sp³-hybridized carbons (Fsp3) is 0.158. The third kappa shape index (κ3) is 8.41. The van der Waals surface area contributed by atoms with E-state index in [4.69, 9.17) is 46.4 Å². The first-order valence-corrected chi connectivity index (χ1v) is 10.6. The molecule has 28 heavy (non-hydrogen) atoms. The summed E-state index contributed by atoms with van der Waals surface area (Å²) in [6.07, 6.45) is 6.83. The van der Waals surface area contributed by atoms with E-state index in [-0.39, 0.29) is 0 Å². The van der Waals surface area contributed by atoms with E-state index >= 15 is 0 Å². The molecule has 4 aromatic rings. The smallest absolute Gasteiger partial charge is 0.253 e. The second-order valence-corrected chi connectivity index (χ2v) is 9.48. The number of fused-ring (bicyclic) bond motifs is 2. The number of hydrogen-bond donors (Lipinski definition) is 0. The summed E-state index contributed by atoms with van der Waals surface area (Å²) in [5, 5.41) is 0.861. The average Bonchev–Trinajstić information content (AvgIpc) is 2.66. The molecule has 0 unspecified atom stereocenters. The van der Waals surface area contributed by atoms with E-state index in [9.17, 15) is 0 Å². The summed E-state index contributed by atoms with van der Waals surface area (Å²) in [7, 11) is 0. The van der Waals surface area contributed by atoms with Crippen molar-refractivity contribution in [1.82, 2.24) is 19.9 Å². The molecule has 2 aromatic carbocycles. The van der Waals surface area contributed by atoms with Gasteiger partial charge in [-0.1, -0.05) is 74.5 Å². The van der Waals surface area contributed by atoms with Crippen LogP contribution in [0.2, 0.25) is 0 Å². The van der Waals surface area contributed by atoms with Crippen LogP contribution in [0.3, 0.4) is 0 Å². The quantitative estimate of drug-likeness (QED) is 0.253. The van der Waals surface area contributed by atoms with Crippen LogP contribution < -0.4 is 0 Å². The molecule has 0 saturated heterocycles. The molecule has 146 valence electrons. The number of alkyl halides is 5. The Morgan fingerprint density at radius 3 is 1.64 bits per heavy atom. The van der Waals surface area contributed by atoms with Crippen LogP contribution in [0.25, 0.3) is 22.1 Å². The van der Waals surface area contributed by atoms with E-state index in [1.807, 2.05) is 43.3 Å². The maximum Gasteiger partial charge on any atom is 0.266 e. The number of nitrogens with zero attached hydrogens (tertiary/aromatic N) is 4. The summed E-state index contributed by atoms with van der Waals surface area (Å²) in [6.45, 7) is 2.05. The van der Waals surface area contributed by atoms with Gasteiger partial charge in [0, 0.05) is 30.1 Å². The van der Waals surface area contributed by atoms with Crippen molar-refractivity contribution in [3.8, 4) is 0 Å². The van der Waals surface area contributed by atoms with Gasteiger partial charge in [-0.2, -0.15) is 0 Å². The minimum absolute atomic E-state index is 0.861. The molecular formula is C19H15BrCl4N4. The fourth-order valence-corrected chi connectivity index (χ4v) is 2.51. The van der Waals surface area contributed by atoms with Gasteiger partial charge in [-0.3, -0.25) is 19.9 Å². The maximum absolute atomic E-state index is 4.83. The highest BCUT2D eigenvalue weighted by Gasteiger charge is 2.11. The standard InChI is InChI=1S/C9H7BrN2.C9H8N2.CCl4/c10-6-7-1-2-8-9(5-7)12-4-3-11-8;1-7-2-3-8-9(6-7)11-5-4-10-8;2-1(3,4)5/h1-5H,6H2;2-6H,1H3;.